The first kappa shape index (κ1) is 11.5. The molecule has 0 aliphatic heterocycles. The van der Waals surface area contributed by atoms with Crippen molar-refractivity contribution >= 4 is 33.0 Å². The van der Waals surface area contributed by atoms with E-state index in [9.17, 15) is 0 Å². The smallest absolute Gasteiger partial charge is 0.101 e. The van der Waals surface area contributed by atoms with Gasteiger partial charge in [-0.3, -0.25) is 0 Å². The van der Waals surface area contributed by atoms with Crippen LogP contribution < -0.4 is 11.1 Å². The van der Waals surface area contributed by atoms with Crippen LogP contribution in [0.1, 0.15) is 5.56 Å². The highest BCUT2D eigenvalue weighted by atomic mass is 79.9. The Labute approximate surface area is 108 Å². The van der Waals surface area contributed by atoms with Crippen LogP contribution in [0.15, 0.2) is 46.9 Å². The van der Waals surface area contributed by atoms with Crippen LogP contribution in [0.4, 0.5) is 17.1 Å². The number of nitriles is 1. The minimum atomic E-state index is 0.468. The van der Waals surface area contributed by atoms with E-state index in [4.69, 9.17) is 11.0 Å². The Balaban J connectivity index is 2.34. The maximum Gasteiger partial charge on any atom is 0.101 e. The molecule has 0 amide bonds. The molecule has 0 saturated carbocycles. The van der Waals surface area contributed by atoms with E-state index in [1.54, 1.807) is 12.1 Å². The van der Waals surface area contributed by atoms with Gasteiger partial charge in [0, 0.05) is 10.2 Å². The number of rotatable bonds is 2. The maximum atomic E-state index is 8.89. The lowest BCUT2D eigenvalue weighted by molar-refractivity contribution is 1.47. The van der Waals surface area contributed by atoms with Crippen molar-refractivity contribution in [3.05, 3.63) is 52.5 Å². The Morgan fingerprint density at radius 1 is 1.18 bits per heavy atom. The Hall–Kier alpha value is -1.99. The van der Waals surface area contributed by atoms with Gasteiger partial charge < -0.3 is 11.1 Å². The van der Waals surface area contributed by atoms with Gasteiger partial charge in [-0.05, 0) is 30.3 Å². The Morgan fingerprint density at radius 2 is 1.94 bits per heavy atom. The second-order valence-electron chi connectivity index (χ2n) is 3.51. The van der Waals surface area contributed by atoms with Crippen molar-refractivity contribution in [2.75, 3.05) is 11.1 Å². The zero-order valence-corrected chi connectivity index (χ0v) is 10.5. The van der Waals surface area contributed by atoms with Gasteiger partial charge in [-0.15, -0.1) is 0 Å². The third kappa shape index (κ3) is 2.58. The number of anilines is 3. The van der Waals surface area contributed by atoms with Crippen molar-refractivity contribution < 1.29 is 0 Å². The summed E-state index contributed by atoms with van der Waals surface area (Å²) in [5, 5.41) is 12.1. The van der Waals surface area contributed by atoms with Gasteiger partial charge in [0.1, 0.15) is 6.07 Å². The van der Waals surface area contributed by atoms with E-state index in [1.807, 2.05) is 30.3 Å². The first-order chi connectivity index (χ1) is 8.20. The Bertz CT molecular complexity index is 587. The summed E-state index contributed by atoms with van der Waals surface area (Å²) in [6, 6.07) is 15.1. The summed E-state index contributed by atoms with van der Waals surface area (Å²) in [7, 11) is 0. The highest BCUT2D eigenvalue weighted by Crippen LogP contribution is 2.26. The van der Waals surface area contributed by atoms with Crippen molar-refractivity contribution in [3.8, 4) is 6.07 Å². The summed E-state index contributed by atoms with van der Waals surface area (Å²) in [4.78, 5) is 0. The maximum absolute atomic E-state index is 8.89. The van der Waals surface area contributed by atoms with E-state index in [1.165, 1.54) is 0 Å². The molecule has 17 heavy (non-hydrogen) atoms. The molecule has 4 heteroatoms. The van der Waals surface area contributed by atoms with Crippen LogP contribution in [-0.2, 0) is 0 Å². The zero-order valence-electron chi connectivity index (χ0n) is 8.94. The van der Waals surface area contributed by atoms with Gasteiger partial charge in [0.25, 0.3) is 0 Å². The molecule has 0 fully saturated rings. The predicted molar refractivity (Wildman–Crippen MR) is 73.0 cm³/mol. The first-order valence-corrected chi connectivity index (χ1v) is 5.81. The summed E-state index contributed by atoms with van der Waals surface area (Å²) in [5.74, 6) is 0. The second-order valence-corrected chi connectivity index (χ2v) is 4.43. The summed E-state index contributed by atoms with van der Waals surface area (Å²) >= 11 is 3.40. The highest BCUT2D eigenvalue weighted by molar-refractivity contribution is 9.10. The zero-order chi connectivity index (χ0) is 12.3. The fraction of sp³-hybridized carbons (Fsp3) is 0. The van der Waals surface area contributed by atoms with Crippen LogP contribution in [0.3, 0.4) is 0 Å². The van der Waals surface area contributed by atoms with E-state index in [-0.39, 0.29) is 0 Å². The summed E-state index contributed by atoms with van der Waals surface area (Å²) in [5.41, 5.74) is 8.48. The van der Waals surface area contributed by atoms with Crippen LogP contribution in [-0.4, -0.2) is 0 Å². The molecular weight excluding hydrogens is 278 g/mol. The van der Waals surface area contributed by atoms with Gasteiger partial charge in [0.15, 0.2) is 0 Å². The number of nitrogens with zero attached hydrogens (tertiary/aromatic N) is 1. The SMILES string of the molecule is N#Cc1cccc(Nc2cccc(Br)c2)c1N. The minimum absolute atomic E-state index is 0.468. The first-order valence-electron chi connectivity index (χ1n) is 5.02. The molecule has 0 aliphatic rings. The molecule has 0 atom stereocenters. The van der Waals surface area contributed by atoms with Crippen LogP contribution in [0, 0.1) is 11.3 Å². The third-order valence-electron chi connectivity index (χ3n) is 2.33. The van der Waals surface area contributed by atoms with Crippen LogP contribution in [0.5, 0.6) is 0 Å². The fourth-order valence-corrected chi connectivity index (χ4v) is 1.89. The standard InChI is InChI=1S/C13H10BrN3/c14-10-4-2-5-11(7-10)17-12-6-1-3-9(8-15)13(12)16/h1-7,17H,16H2. The number of nitrogens with two attached hydrogens (primary N) is 1. The summed E-state index contributed by atoms with van der Waals surface area (Å²) in [6.45, 7) is 0. The molecule has 3 nitrogen and oxygen atoms in total. The summed E-state index contributed by atoms with van der Waals surface area (Å²) < 4.78 is 0.984. The molecule has 2 aromatic rings. The van der Waals surface area contributed by atoms with Crippen molar-refractivity contribution in [2.24, 2.45) is 0 Å². The van der Waals surface area contributed by atoms with E-state index >= 15 is 0 Å². The van der Waals surface area contributed by atoms with Crippen LogP contribution >= 0.6 is 15.9 Å². The van der Waals surface area contributed by atoms with E-state index < -0.39 is 0 Å². The predicted octanol–water partition coefficient (Wildman–Crippen LogP) is 3.65. The molecule has 0 spiro atoms. The average molecular weight is 288 g/mol. The molecule has 0 aliphatic carbocycles. The summed E-state index contributed by atoms with van der Waals surface area (Å²) in [6.07, 6.45) is 0. The molecular formula is C13H10BrN3. The molecule has 0 radical (unpaired) electrons. The van der Waals surface area contributed by atoms with E-state index in [2.05, 4.69) is 27.3 Å². The molecule has 84 valence electrons. The molecule has 0 unspecified atom stereocenters. The molecule has 3 N–H and O–H groups in total. The molecule has 2 aromatic carbocycles. The second kappa shape index (κ2) is 4.89. The van der Waals surface area contributed by atoms with Gasteiger partial charge in [-0.25, -0.2) is 0 Å². The molecule has 2 rings (SSSR count). The van der Waals surface area contributed by atoms with E-state index in [0.29, 0.717) is 11.3 Å². The van der Waals surface area contributed by atoms with Crippen molar-refractivity contribution in [1.82, 2.24) is 0 Å². The van der Waals surface area contributed by atoms with Crippen molar-refractivity contribution in [1.29, 1.82) is 5.26 Å². The molecule has 0 saturated heterocycles. The van der Waals surface area contributed by atoms with Gasteiger partial charge in [0.05, 0.1) is 16.9 Å². The Kier molecular flexibility index (Phi) is 3.31. The van der Waals surface area contributed by atoms with Gasteiger partial charge in [0.2, 0.25) is 0 Å². The van der Waals surface area contributed by atoms with Gasteiger partial charge in [-0.2, -0.15) is 5.26 Å². The number of nitrogens with one attached hydrogen (secondary N) is 1. The Morgan fingerprint density at radius 3 is 2.65 bits per heavy atom. The lowest BCUT2D eigenvalue weighted by Crippen LogP contribution is -1.98. The monoisotopic (exact) mass is 287 g/mol. The number of hydrogen-bond acceptors (Lipinski definition) is 3. The lowest BCUT2D eigenvalue weighted by Gasteiger charge is -2.10. The quantitative estimate of drug-likeness (QED) is 0.829. The van der Waals surface area contributed by atoms with Crippen molar-refractivity contribution in [3.63, 3.8) is 0 Å². The minimum Gasteiger partial charge on any atom is -0.396 e. The molecule has 0 heterocycles. The normalized spacial score (nSPS) is 9.65. The van der Waals surface area contributed by atoms with Gasteiger partial charge >= 0.3 is 0 Å². The number of hydrogen-bond donors (Lipinski definition) is 2. The van der Waals surface area contributed by atoms with Crippen LogP contribution in [0.25, 0.3) is 0 Å². The number of halogens is 1. The number of nitrogen functional groups attached to an aromatic ring is 1. The third-order valence-corrected chi connectivity index (χ3v) is 2.82. The number of benzene rings is 2. The fourth-order valence-electron chi connectivity index (χ4n) is 1.49. The average Bonchev–Trinajstić information content (AvgIpc) is 2.32. The molecule has 0 bridgehead atoms. The van der Waals surface area contributed by atoms with Crippen molar-refractivity contribution in [2.45, 2.75) is 0 Å². The number of para-hydroxylation sites is 1. The van der Waals surface area contributed by atoms with E-state index in [0.717, 1.165) is 15.8 Å². The highest BCUT2D eigenvalue weighted by Gasteiger charge is 2.04. The lowest BCUT2D eigenvalue weighted by atomic mass is 10.1. The molecule has 0 aromatic heterocycles. The topological polar surface area (TPSA) is 61.8 Å². The van der Waals surface area contributed by atoms with Gasteiger partial charge in [-0.1, -0.05) is 28.1 Å². The van der Waals surface area contributed by atoms with Crippen LogP contribution in [0.2, 0.25) is 0 Å². The largest absolute Gasteiger partial charge is 0.396 e.